The van der Waals surface area contributed by atoms with Crippen molar-refractivity contribution in [1.82, 2.24) is 10.2 Å². The maximum atomic E-state index is 12.7. The maximum Gasteiger partial charge on any atom is 0.303 e. The van der Waals surface area contributed by atoms with E-state index in [-0.39, 0.29) is 18.2 Å². The average Bonchev–Trinajstić information content (AvgIpc) is 2.79. The Bertz CT molecular complexity index is 665. The number of carbonyl (C=O) groups is 2. The van der Waals surface area contributed by atoms with Crippen molar-refractivity contribution < 1.29 is 14.7 Å². The van der Waals surface area contributed by atoms with Crippen LogP contribution in [0.4, 0.5) is 0 Å². The molecule has 1 atom stereocenters. The lowest BCUT2D eigenvalue weighted by Crippen LogP contribution is -2.36. The third-order valence-electron chi connectivity index (χ3n) is 3.86. The van der Waals surface area contributed by atoms with Gasteiger partial charge in [0.1, 0.15) is 0 Å². The predicted molar refractivity (Wildman–Crippen MR) is 86.3 cm³/mol. The number of hydrogen-bond donors (Lipinski definition) is 2. The Labute approximate surface area is 132 Å². The van der Waals surface area contributed by atoms with Crippen molar-refractivity contribution in [1.29, 1.82) is 0 Å². The molecule has 1 fully saturated rings. The van der Waals surface area contributed by atoms with Gasteiger partial charge in [-0.2, -0.15) is 0 Å². The third kappa shape index (κ3) is 3.28. The van der Waals surface area contributed by atoms with Gasteiger partial charge in [0.05, 0.1) is 11.3 Å². The molecule has 0 unspecified atom stereocenters. The van der Waals surface area contributed by atoms with E-state index in [0.29, 0.717) is 26.2 Å². The monoisotopic (exact) mass is 318 g/mol. The lowest BCUT2D eigenvalue weighted by Gasteiger charge is -2.22. The molecule has 6 heteroatoms. The molecule has 1 aromatic heterocycles. The Kier molecular flexibility index (Phi) is 4.40. The number of nitrogens with one attached hydrogen (secondary N) is 1. The summed E-state index contributed by atoms with van der Waals surface area (Å²) in [6.07, 6.45) is 0.0865. The van der Waals surface area contributed by atoms with Gasteiger partial charge in [0, 0.05) is 30.9 Å². The highest BCUT2D eigenvalue weighted by Gasteiger charge is 2.25. The topological polar surface area (TPSA) is 69.6 Å². The molecule has 2 aromatic rings. The second kappa shape index (κ2) is 6.46. The number of rotatable bonds is 3. The molecule has 1 saturated heterocycles. The molecule has 22 heavy (non-hydrogen) atoms. The Morgan fingerprint density at radius 3 is 2.95 bits per heavy atom. The van der Waals surface area contributed by atoms with Gasteiger partial charge in [-0.1, -0.05) is 18.2 Å². The SMILES string of the molecule is O=C(O)C[C@H]1CNCCN(C(=O)c2cc3ccccc3s2)C1. The molecule has 0 radical (unpaired) electrons. The van der Waals surface area contributed by atoms with Crippen LogP contribution in [0.2, 0.25) is 0 Å². The van der Waals surface area contributed by atoms with Gasteiger partial charge in [0.15, 0.2) is 0 Å². The summed E-state index contributed by atoms with van der Waals surface area (Å²) in [5, 5.41) is 13.3. The summed E-state index contributed by atoms with van der Waals surface area (Å²) in [6, 6.07) is 9.86. The van der Waals surface area contributed by atoms with E-state index in [1.165, 1.54) is 11.3 Å². The number of thiophene rings is 1. The van der Waals surface area contributed by atoms with E-state index in [4.69, 9.17) is 5.11 Å². The summed E-state index contributed by atoms with van der Waals surface area (Å²) in [7, 11) is 0. The van der Waals surface area contributed by atoms with Gasteiger partial charge in [0.25, 0.3) is 5.91 Å². The highest BCUT2D eigenvalue weighted by Crippen LogP contribution is 2.26. The van der Waals surface area contributed by atoms with Crippen molar-refractivity contribution in [3.05, 3.63) is 35.2 Å². The third-order valence-corrected chi connectivity index (χ3v) is 4.96. The maximum absolute atomic E-state index is 12.7. The Balaban J connectivity index is 1.78. The van der Waals surface area contributed by atoms with E-state index >= 15 is 0 Å². The number of hydrogen-bond acceptors (Lipinski definition) is 4. The van der Waals surface area contributed by atoms with Gasteiger partial charge >= 0.3 is 5.97 Å². The van der Waals surface area contributed by atoms with Crippen LogP contribution in [0.3, 0.4) is 0 Å². The minimum absolute atomic E-state index is 0.000267. The summed E-state index contributed by atoms with van der Waals surface area (Å²) in [5.41, 5.74) is 0. The van der Waals surface area contributed by atoms with Gasteiger partial charge in [-0.3, -0.25) is 9.59 Å². The largest absolute Gasteiger partial charge is 0.481 e. The molecule has 2 N–H and O–H groups in total. The molecular formula is C16H18N2O3S. The lowest BCUT2D eigenvalue weighted by atomic mass is 10.1. The van der Waals surface area contributed by atoms with Crippen LogP contribution in [0.1, 0.15) is 16.1 Å². The molecule has 0 aliphatic carbocycles. The zero-order valence-corrected chi connectivity index (χ0v) is 12.9. The number of amides is 1. The van der Waals surface area contributed by atoms with Crippen LogP contribution in [0.15, 0.2) is 30.3 Å². The smallest absolute Gasteiger partial charge is 0.303 e. The first kappa shape index (κ1) is 15.0. The average molecular weight is 318 g/mol. The molecule has 116 valence electrons. The Hall–Kier alpha value is -1.92. The number of aliphatic carboxylic acids is 1. The number of carboxylic acid groups (broad SMARTS) is 1. The molecule has 0 saturated carbocycles. The van der Waals surface area contributed by atoms with Gasteiger partial charge in [-0.15, -0.1) is 11.3 Å². The lowest BCUT2D eigenvalue weighted by molar-refractivity contribution is -0.138. The fourth-order valence-electron chi connectivity index (χ4n) is 2.80. The van der Waals surface area contributed by atoms with Crippen LogP contribution < -0.4 is 5.32 Å². The van der Waals surface area contributed by atoms with Gasteiger partial charge in [-0.05, 0) is 23.4 Å². The molecular weight excluding hydrogens is 300 g/mol. The van der Waals surface area contributed by atoms with Gasteiger partial charge in [-0.25, -0.2) is 0 Å². The zero-order valence-electron chi connectivity index (χ0n) is 12.1. The number of nitrogens with zero attached hydrogens (tertiary/aromatic N) is 1. The first-order chi connectivity index (χ1) is 10.6. The van der Waals surface area contributed by atoms with Crippen LogP contribution in [-0.2, 0) is 4.79 Å². The standard InChI is InChI=1S/C16H18N2O3S/c19-15(20)7-11-9-17-5-6-18(10-11)16(21)14-8-12-3-1-2-4-13(12)22-14/h1-4,8,11,17H,5-7,9-10H2,(H,19,20)/t11-/m0/s1. The fraction of sp³-hybridized carbons (Fsp3) is 0.375. The summed E-state index contributed by atoms with van der Waals surface area (Å²) in [4.78, 5) is 26.1. The summed E-state index contributed by atoms with van der Waals surface area (Å²) < 4.78 is 1.10. The van der Waals surface area contributed by atoms with Crippen molar-refractivity contribution in [2.45, 2.75) is 6.42 Å². The van der Waals surface area contributed by atoms with Crippen LogP contribution in [0.5, 0.6) is 0 Å². The first-order valence-electron chi connectivity index (χ1n) is 7.34. The molecule has 1 aromatic carbocycles. The molecule has 3 rings (SSSR count). The number of carboxylic acids is 1. The van der Waals surface area contributed by atoms with Crippen molar-refractivity contribution in [3.63, 3.8) is 0 Å². The van der Waals surface area contributed by atoms with Crippen LogP contribution in [0.25, 0.3) is 10.1 Å². The van der Waals surface area contributed by atoms with Crippen molar-refractivity contribution in [3.8, 4) is 0 Å². The zero-order chi connectivity index (χ0) is 15.5. The van der Waals surface area contributed by atoms with E-state index in [1.807, 2.05) is 30.3 Å². The second-order valence-corrected chi connectivity index (χ2v) is 6.65. The minimum atomic E-state index is -0.817. The highest BCUT2D eigenvalue weighted by molar-refractivity contribution is 7.20. The van der Waals surface area contributed by atoms with Gasteiger partial charge in [0.2, 0.25) is 0 Å². The van der Waals surface area contributed by atoms with E-state index in [9.17, 15) is 9.59 Å². The summed E-state index contributed by atoms with van der Waals surface area (Å²) in [5.74, 6) is -0.860. The predicted octanol–water partition coefficient (Wildman–Crippen LogP) is 2.04. The Morgan fingerprint density at radius 1 is 1.36 bits per heavy atom. The summed E-state index contributed by atoms with van der Waals surface area (Å²) >= 11 is 1.49. The van der Waals surface area contributed by atoms with Crippen LogP contribution >= 0.6 is 11.3 Å². The quantitative estimate of drug-likeness (QED) is 0.908. The summed E-state index contributed by atoms with van der Waals surface area (Å²) in [6.45, 7) is 2.45. The van der Waals surface area contributed by atoms with E-state index in [0.717, 1.165) is 15.0 Å². The van der Waals surface area contributed by atoms with E-state index < -0.39 is 5.97 Å². The second-order valence-electron chi connectivity index (χ2n) is 5.57. The van der Waals surface area contributed by atoms with E-state index in [2.05, 4.69) is 5.32 Å². The highest BCUT2D eigenvalue weighted by atomic mass is 32.1. The first-order valence-corrected chi connectivity index (χ1v) is 8.15. The van der Waals surface area contributed by atoms with Crippen LogP contribution in [0, 0.1) is 5.92 Å². The molecule has 1 aliphatic rings. The molecule has 5 nitrogen and oxygen atoms in total. The van der Waals surface area contributed by atoms with Crippen LogP contribution in [-0.4, -0.2) is 48.1 Å². The molecule has 0 bridgehead atoms. The number of benzene rings is 1. The van der Waals surface area contributed by atoms with E-state index in [1.54, 1.807) is 4.90 Å². The van der Waals surface area contributed by atoms with Crippen molar-refractivity contribution in [2.24, 2.45) is 5.92 Å². The fourth-order valence-corrected chi connectivity index (χ4v) is 3.83. The normalized spacial score (nSPS) is 19.1. The molecule has 1 aliphatic heterocycles. The Morgan fingerprint density at radius 2 is 2.18 bits per heavy atom. The molecule has 1 amide bonds. The molecule has 2 heterocycles. The number of carbonyl (C=O) groups excluding carboxylic acids is 1. The molecule has 0 spiro atoms. The number of fused-ring (bicyclic) bond motifs is 1. The van der Waals surface area contributed by atoms with Crippen molar-refractivity contribution in [2.75, 3.05) is 26.2 Å². The van der Waals surface area contributed by atoms with Gasteiger partial charge < -0.3 is 15.3 Å². The van der Waals surface area contributed by atoms with Crippen molar-refractivity contribution >= 4 is 33.3 Å². The minimum Gasteiger partial charge on any atom is -0.481 e.